The molecule has 0 unspecified atom stereocenters. The molecule has 0 bridgehead atoms. The Kier molecular flexibility index (Phi) is 4.98. The molecule has 0 aromatic carbocycles. The van der Waals surface area contributed by atoms with Crippen LogP contribution in [0.25, 0.3) is 0 Å². The van der Waals surface area contributed by atoms with Crippen molar-refractivity contribution < 1.29 is 22.7 Å². The van der Waals surface area contributed by atoms with Crippen LogP contribution in [0.3, 0.4) is 0 Å². The zero-order chi connectivity index (χ0) is 13.8. The molecule has 0 aromatic heterocycles. The van der Waals surface area contributed by atoms with Crippen molar-refractivity contribution in [2.45, 2.75) is 37.5 Å². The van der Waals surface area contributed by atoms with Crippen molar-refractivity contribution >= 4 is 5.91 Å². The maximum Gasteiger partial charge on any atom is 0.406 e. The number of carbonyl (C=O) groups excluding carboxylic acids is 1. The van der Waals surface area contributed by atoms with Crippen molar-refractivity contribution in [1.29, 1.82) is 0 Å². The lowest BCUT2D eigenvalue weighted by atomic mass is 9.77. The van der Waals surface area contributed by atoms with Crippen LogP contribution in [0.2, 0.25) is 0 Å². The van der Waals surface area contributed by atoms with E-state index in [1.54, 1.807) is 0 Å². The lowest BCUT2D eigenvalue weighted by molar-refractivity contribution is -0.167. The average molecular weight is 268 g/mol. The van der Waals surface area contributed by atoms with E-state index in [1.165, 1.54) is 7.11 Å². The number of halogens is 3. The van der Waals surface area contributed by atoms with Gasteiger partial charge in [0.1, 0.15) is 6.54 Å². The molecule has 0 atom stereocenters. The van der Waals surface area contributed by atoms with Gasteiger partial charge in [0.15, 0.2) is 0 Å². The molecule has 1 aliphatic carbocycles. The third-order valence-corrected chi connectivity index (χ3v) is 3.29. The van der Waals surface area contributed by atoms with Crippen molar-refractivity contribution in [3.63, 3.8) is 0 Å². The molecule has 1 amide bonds. The molecule has 1 fully saturated rings. The molecule has 1 saturated carbocycles. The summed E-state index contributed by atoms with van der Waals surface area (Å²) in [4.78, 5) is 12.6. The molecule has 0 heterocycles. The number of rotatable bonds is 6. The first-order valence-electron chi connectivity index (χ1n) is 5.92. The van der Waals surface area contributed by atoms with Crippen molar-refractivity contribution in [2.24, 2.45) is 5.73 Å². The van der Waals surface area contributed by atoms with E-state index in [0.29, 0.717) is 0 Å². The first-order valence-corrected chi connectivity index (χ1v) is 5.92. The van der Waals surface area contributed by atoms with Crippen molar-refractivity contribution in [3.8, 4) is 0 Å². The van der Waals surface area contributed by atoms with Gasteiger partial charge in [0.25, 0.3) is 0 Å². The molecule has 1 rings (SSSR count). The minimum atomic E-state index is -4.40. The van der Waals surface area contributed by atoms with Gasteiger partial charge in [0.05, 0.1) is 12.0 Å². The molecule has 18 heavy (non-hydrogen) atoms. The third kappa shape index (κ3) is 4.13. The predicted molar refractivity (Wildman–Crippen MR) is 59.9 cm³/mol. The minimum Gasteiger partial charge on any atom is -0.378 e. The fourth-order valence-electron chi connectivity index (χ4n) is 2.08. The molecular weight excluding hydrogens is 249 g/mol. The van der Waals surface area contributed by atoms with Gasteiger partial charge in [-0.15, -0.1) is 0 Å². The number of hydrogen-bond donors (Lipinski definition) is 1. The molecule has 0 radical (unpaired) electrons. The summed E-state index contributed by atoms with van der Waals surface area (Å²) in [7, 11) is 1.49. The second-order valence-electron chi connectivity index (χ2n) is 4.64. The van der Waals surface area contributed by atoms with Gasteiger partial charge >= 0.3 is 6.18 Å². The fraction of sp³-hybridized carbons (Fsp3) is 0.909. The van der Waals surface area contributed by atoms with E-state index in [2.05, 4.69) is 0 Å². The number of nitrogens with zero attached hydrogens (tertiary/aromatic N) is 1. The van der Waals surface area contributed by atoms with Crippen molar-refractivity contribution in [3.05, 3.63) is 0 Å². The monoisotopic (exact) mass is 268 g/mol. The first-order chi connectivity index (χ1) is 8.32. The van der Waals surface area contributed by atoms with Crippen LogP contribution >= 0.6 is 0 Å². The van der Waals surface area contributed by atoms with Gasteiger partial charge in [0, 0.05) is 20.2 Å². The van der Waals surface area contributed by atoms with Gasteiger partial charge in [-0.1, -0.05) is 0 Å². The fourth-order valence-corrected chi connectivity index (χ4v) is 2.08. The maximum absolute atomic E-state index is 12.3. The molecule has 106 valence electrons. The lowest BCUT2D eigenvalue weighted by Gasteiger charge is -2.41. The quantitative estimate of drug-likeness (QED) is 0.790. The molecule has 0 spiro atoms. The number of amides is 1. The number of hydrogen-bond acceptors (Lipinski definition) is 3. The topological polar surface area (TPSA) is 55.6 Å². The van der Waals surface area contributed by atoms with E-state index >= 15 is 0 Å². The molecule has 7 heteroatoms. The Bertz CT molecular complexity index is 285. The molecule has 2 N–H and O–H groups in total. The summed E-state index contributed by atoms with van der Waals surface area (Å²) in [6, 6.07) is 0. The van der Waals surface area contributed by atoms with Gasteiger partial charge in [-0.2, -0.15) is 13.2 Å². The molecule has 4 nitrogen and oxygen atoms in total. The van der Waals surface area contributed by atoms with Crippen molar-refractivity contribution in [2.75, 3.05) is 26.7 Å². The Hall–Kier alpha value is -0.820. The van der Waals surface area contributed by atoms with Crippen LogP contribution in [-0.4, -0.2) is 49.3 Å². The van der Waals surface area contributed by atoms with Crippen LogP contribution in [0, 0.1) is 0 Å². The Morgan fingerprint density at radius 1 is 1.44 bits per heavy atom. The van der Waals surface area contributed by atoms with Crippen LogP contribution in [0.5, 0.6) is 0 Å². The number of ether oxygens (including phenoxy) is 1. The molecule has 1 aliphatic rings. The summed E-state index contributed by atoms with van der Waals surface area (Å²) in [6.45, 7) is -1.32. The van der Waals surface area contributed by atoms with Crippen molar-refractivity contribution in [1.82, 2.24) is 4.90 Å². The van der Waals surface area contributed by atoms with Gasteiger partial charge in [-0.25, -0.2) is 0 Å². The Morgan fingerprint density at radius 3 is 2.39 bits per heavy atom. The Morgan fingerprint density at radius 2 is 2.06 bits per heavy atom. The smallest absolute Gasteiger partial charge is 0.378 e. The number of nitrogens with two attached hydrogens (primary N) is 1. The second-order valence-corrected chi connectivity index (χ2v) is 4.64. The highest BCUT2D eigenvalue weighted by Gasteiger charge is 2.41. The molecule has 0 aromatic rings. The van der Waals surface area contributed by atoms with Crippen LogP contribution in [-0.2, 0) is 9.53 Å². The summed E-state index contributed by atoms with van der Waals surface area (Å²) in [5, 5.41) is 0. The highest BCUT2D eigenvalue weighted by Crippen LogP contribution is 2.38. The van der Waals surface area contributed by atoms with E-state index in [9.17, 15) is 18.0 Å². The van der Waals surface area contributed by atoms with Gasteiger partial charge in [-0.3, -0.25) is 4.79 Å². The summed E-state index contributed by atoms with van der Waals surface area (Å²) < 4.78 is 42.2. The Labute approximate surface area is 104 Å². The Balaban J connectivity index is 2.59. The summed E-state index contributed by atoms with van der Waals surface area (Å²) in [5.74, 6) is -0.542. The first kappa shape index (κ1) is 15.2. The van der Waals surface area contributed by atoms with Gasteiger partial charge < -0.3 is 15.4 Å². The van der Waals surface area contributed by atoms with Gasteiger partial charge in [0.2, 0.25) is 5.91 Å². The molecular formula is C11H19F3N2O2. The van der Waals surface area contributed by atoms with Crippen LogP contribution in [0.1, 0.15) is 25.7 Å². The largest absolute Gasteiger partial charge is 0.406 e. The van der Waals surface area contributed by atoms with E-state index in [1.807, 2.05) is 0 Å². The lowest BCUT2D eigenvalue weighted by Crippen LogP contribution is -2.48. The molecule has 0 saturated heterocycles. The maximum atomic E-state index is 12.3. The van der Waals surface area contributed by atoms with E-state index in [4.69, 9.17) is 10.5 Å². The van der Waals surface area contributed by atoms with Crippen LogP contribution in [0.4, 0.5) is 13.2 Å². The second kappa shape index (κ2) is 5.88. The highest BCUT2D eigenvalue weighted by atomic mass is 19.4. The zero-order valence-electron chi connectivity index (χ0n) is 10.4. The van der Waals surface area contributed by atoms with Crippen LogP contribution < -0.4 is 5.73 Å². The zero-order valence-corrected chi connectivity index (χ0v) is 10.4. The van der Waals surface area contributed by atoms with Gasteiger partial charge in [-0.05, 0) is 19.3 Å². The van der Waals surface area contributed by atoms with Crippen LogP contribution in [0.15, 0.2) is 0 Å². The van der Waals surface area contributed by atoms with E-state index in [-0.39, 0.29) is 19.5 Å². The summed E-state index contributed by atoms with van der Waals surface area (Å²) in [6.07, 6.45) is -2.02. The number of alkyl halides is 3. The average Bonchev–Trinajstić information content (AvgIpc) is 2.20. The standard InChI is InChI=1S/C11H19F3N2O2/c1-18-10(3-2-4-10)7-9(17)16(6-5-15)8-11(12,13)14/h2-8,15H2,1H3. The molecule has 0 aliphatic heterocycles. The predicted octanol–water partition coefficient (Wildman–Crippen LogP) is 1.30. The minimum absolute atomic E-state index is 0.000417. The SMILES string of the molecule is COC1(CC(=O)N(CCN)CC(F)(F)F)CCC1. The van der Waals surface area contributed by atoms with E-state index in [0.717, 1.165) is 24.2 Å². The summed E-state index contributed by atoms with van der Waals surface area (Å²) in [5.41, 5.74) is 4.68. The normalized spacial score (nSPS) is 18.3. The summed E-state index contributed by atoms with van der Waals surface area (Å²) >= 11 is 0. The number of carbonyl (C=O) groups is 1. The van der Waals surface area contributed by atoms with E-state index < -0.39 is 24.2 Å². The highest BCUT2D eigenvalue weighted by molar-refractivity contribution is 5.77. The number of methoxy groups -OCH3 is 1. The third-order valence-electron chi connectivity index (χ3n) is 3.29.